The number of aromatic nitrogens is 3. The van der Waals surface area contributed by atoms with Crippen LogP contribution in [0, 0.1) is 5.82 Å². The number of benzene rings is 2. The largest absolute Gasteiger partial charge is 0.350 e. The fourth-order valence-corrected chi connectivity index (χ4v) is 9.67. The summed E-state index contributed by atoms with van der Waals surface area (Å²) in [7, 11) is -1.91. The van der Waals surface area contributed by atoms with Gasteiger partial charge in [-0.2, -0.15) is 0 Å². The number of ketones is 2. The van der Waals surface area contributed by atoms with E-state index < -0.39 is 19.9 Å². The molecule has 1 saturated heterocycles. The molecule has 2 fully saturated rings. The molecule has 0 spiro atoms. The van der Waals surface area contributed by atoms with Gasteiger partial charge in [0, 0.05) is 65.2 Å². The fraction of sp³-hybridized carbons (Fsp3) is 0.353. The summed E-state index contributed by atoms with van der Waals surface area (Å²) in [5, 5.41) is 3.51. The van der Waals surface area contributed by atoms with E-state index in [2.05, 4.69) is 28.4 Å². The van der Waals surface area contributed by atoms with Crippen LogP contribution in [0.3, 0.4) is 0 Å². The highest BCUT2D eigenvalue weighted by Crippen LogP contribution is 2.52. The molecule has 2 aromatic heterocycles. The number of carbonyl (C=O) groups is 4. The summed E-state index contributed by atoms with van der Waals surface area (Å²) in [6.45, 7) is 5.69. The molecule has 2 aliphatic rings. The average Bonchev–Trinajstić information content (AvgIpc) is 3.61. The van der Waals surface area contributed by atoms with Crippen molar-refractivity contribution in [2.45, 2.75) is 69.9 Å². The van der Waals surface area contributed by atoms with Crippen molar-refractivity contribution in [2.24, 2.45) is 0 Å². The second kappa shape index (κ2) is 12.2. The molecule has 9 nitrogen and oxygen atoms in total. The molecular formula is C34H35ClFN5O4Si. The predicted molar refractivity (Wildman–Crippen MR) is 175 cm³/mol. The van der Waals surface area contributed by atoms with Crippen LogP contribution in [-0.2, 0) is 28.1 Å². The van der Waals surface area contributed by atoms with E-state index in [1.165, 1.54) is 13.0 Å². The molecule has 46 heavy (non-hydrogen) atoms. The van der Waals surface area contributed by atoms with Crippen LogP contribution >= 0.6 is 11.6 Å². The minimum Gasteiger partial charge on any atom is -0.350 e. The molecule has 0 unspecified atom stereocenters. The Bertz CT molecular complexity index is 1870. The maximum Gasteiger partial charge on any atom is 0.242 e. The molecule has 0 radical (unpaired) electrons. The van der Waals surface area contributed by atoms with Gasteiger partial charge in [0.1, 0.15) is 18.4 Å². The number of hydrogen-bond donors (Lipinski definition) is 1. The summed E-state index contributed by atoms with van der Waals surface area (Å²) in [6, 6.07) is 12.1. The Kier molecular flexibility index (Phi) is 8.41. The third-order valence-electron chi connectivity index (χ3n) is 9.17. The molecule has 6 rings (SSSR count). The van der Waals surface area contributed by atoms with Crippen molar-refractivity contribution in [2.75, 3.05) is 6.17 Å². The number of fused-ring (bicyclic) bond motifs is 1. The third kappa shape index (κ3) is 6.26. The van der Waals surface area contributed by atoms with E-state index in [1.54, 1.807) is 46.3 Å². The van der Waals surface area contributed by atoms with Crippen molar-refractivity contribution >= 4 is 54.0 Å². The Hall–Kier alpha value is -4.22. The maximum atomic E-state index is 14.4. The van der Waals surface area contributed by atoms with Crippen molar-refractivity contribution in [3.63, 3.8) is 0 Å². The third-order valence-corrected chi connectivity index (χ3v) is 12.2. The molecule has 12 heteroatoms. The number of hydrogen-bond acceptors (Lipinski definition) is 6. The van der Waals surface area contributed by atoms with Gasteiger partial charge in [0.15, 0.2) is 11.6 Å². The lowest BCUT2D eigenvalue weighted by molar-refractivity contribution is -0.138. The van der Waals surface area contributed by atoms with E-state index in [-0.39, 0.29) is 64.7 Å². The molecule has 3 heterocycles. The standard InChI is InChI=1S/C34H35ClFN5O4Si/c1-21(42)25-17-40(27-9-8-23(14-24(25)27)34(10-11-34)15-29(43)32-37-12-5-13-38-32)18-30(44)41-20-46(2,3)19-28(41)33(45)39-16-22-6-4-7-26(35)31(22)36/h4-9,12-14,17,28H,10-11,15-16,18-20H2,1-3H3,(H,39,45)/t28-/m0/s1. The zero-order valence-corrected chi connectivity index (χ0v) is 27.7. The van der Waals surface area contributed by atoms with Crippen LogP contribution in [0.4, 0.5) is 4.39 Å². The van der Waals surface area contributed by atoms with Gasteiger partial charge in [-0.15, -0.1) is 0 Å². The minimum absolute atomic E-state index is 0.0171. The van der Waals surface area contributed by atoms with Crippen molar-refractivity contribution in [1.82, 2.24) is 24.8 Å². The van der Waals surface area contributed by atoms with Crippen LogP contribution in [0.15, 0.2) is 61.1 Å². The molecule has 238 valence electrons. The highest BCUT2D eigenvalue weighted by molar-refractivity contribution is 6.79. The highest BCUT2D eigenvalue weighted by atomic mass is 35.5. The highest BCUT2D eigenvalue weighted by Gasteiger charge is 2.47. The molecule has 4 aromatic rings. The average molecular weight is 660 g/mol. The quantitative estimate of drug-likeness (QED) is 0.178. The van der Waals surface area contributed by atoms with E-state index >= 15 is 0 Å². The van der Waals surface area contributed by atoms with E-state index in [0.717, 1.165) is 29.3 Å². The van der Waals surface area contributed by atoms with Crippen LogP contribution in [0.25, 0.3) is 10.9 Å². The number of carbonyl (C=O) groups excluding carboxylic acids is 4. The number of amides is 2. The summed E-state index contributed by atoms with van der Waals surface area (Å²) < 4.78 is 16.2. The van der Waals surface area contributed by atoms with Crippen LogP contribution in [0.1, 0.15) is 58.3 Å². The summed E-state index contributed by atoms with van der Waals surface area (Å²) in [4.78, 5) is 62.8. The first-order chi connectivity index (χ1) is 21.9. The summed E-state index contributed by atoms with van der Waals surface area (Å²) in [5.74, 6) is -1.20. The Morgan fingerprint density at radius 3 is 2.52 bits per heavy atom. The first kappa shape index (κ1) is 31.7. The van der Waals surface area contributed by atoms with Crippen molar-refractivity contribution < 1.29 is 23.6 Å². The van der Waals surface area contributed by atoms with E-state index in [9.17, 15) is 23.6 Å². The first-order valence-corrected chi connectivity index (χ1v) is 19.1. The number of Topliss-reactive ketones (excluding diaryl/α,β-unsaturated/α-hetero) is 2. The summed E-state index contributed by atoms with van der Waals surface area (Å²) in [5.41, 5.74) is 2.12. The van der Waals surface area contributed by atoms with Gasteiger partial charge in [-0.3, -0.25) is 19.2 Å². The lowest BCUT2D eigenvalue weighted by atomic mass is 9.89. The maximum absolute atomic E-state index is 14.4. The predicted octanol–water partition coefficient (Wildman–Crippen LogP) is 5.51. The number of nitrogens with one attached hydrogen (secondary N) is 1. The number of rotatable bonds is 10. The number of halogens is 2. The summed E-state index contributed by atoms with van der Waals surface area (Å²) >= 11 is 5.90. The first-order valence-electron chi connectivity index (χ1n) is 15.3. The molecule has 1 N–H and O–H groups in total. The van der Waals surface area contributed by atoms with Gasteiger partial charge < -0.3 is 14.8 Å². The molecule has 2 aromatic carbocycles. The van der Waals surface area contributed by atoms with Gasteiger partial charge >= 0.3 is 0 Å². The van der Waals surface area contributed by atoms with Crippen LogP contribution < -0.4 is 5.32 Å². The Balaban J connectivity index is 1.22. The zero-order chi connectivity index (χ0) is 32.8. The topological polar surface area (TPSA) is 114 Å². The molecular weight excluding hydrogens is 625 g/mol. The molecule has 0 bridgehead atoms. The number of nitrogens with zero attached hydrogens (tertiary/aromatic N) is 4. The molecule has 1 saturated carbocycles. The fourth-order valence-electron chi connectivity index (χ4n) is 6.57. The summed E-state index contributed by atoms with van der Waals surface area (Å²) in [6.07, 6.45) is 7.28. The van der Waals surface area contributed by atoms with Crippen molar-refractivity contribution in [3.05, 3.63) is 94.4 Å². The second-order valence-electron chi connectivity index (χ2n) is 13.2. The van der Waals surface area contributed by atoms with Crippen LogP contribution in [0.5, 0.6) is 0 Å². The molecule has 1 atom stereocenters. The zero-order valence-electron chi connectivity index (χ0n) is 26.0. The van der Waals surface area contributed by atoms with Crippen LogP contribution in [0.2, 0.25) is 24.2 Å². The normalized spacial score (nSPS) is 18.0. The van der Waals surface area contributed by atoms with E-state index in [4.69, 9.17) is 11.6 Å². The monoisotopic (exact) mass is 659 g/mol. The van der Waals surface area contributed by atoms with Crippen LogP contribution in [-0.4, -0.2) is 63.1 Å². The van der Waals surface area contributed by atoms with Crippen molar-refractivity contribution in [1.29, 1.82) is 0 Å². The van der Waals surface area contributed by atoms with Gasteiger partial charge in [-0.05, 0) is 55.6 Å². The SMILES string of the molecule is CC(=O)c1cn(CC(=O)N2C[Si](C)(C)C[C@H]2C(=O)NCc2cccc(Cl)c2F)c2ccc(C3(CC(=O)c4ncccn4)CC3)cc12. The van der Waals surface area contributed by atoms with Gasteiger partial charge in [0.2, 0.25) is 17.6 Å². The minimum atomic E-state index is -1.91. The Morgan fingerprint density at radius 1 is 1.09 bits per heavy atom. The molecule has 1 aliphatic heterocycles. The van der Waals surface area contributed by atoms with E-state index in [0.29, 0.717) is 17.8 Å². The Morgan fingerprint density at radius 2 is 1.83 bits per heavy atom. The molecule has 2 amide bonds. The Labute approximate surface area is 272 Å². The second-order valence-corrected chi connectivity index (χ2v) is 18.7. The lowest BCUT2D eigenvalue weighted by Gasteiger charge is -2.25. The smallest absolute Gasteiger partial charge is 0.242 e. The van der Waals surface area contributed by atoms with E-state index in [1.807, 2.05) is 18.2 Å². The van der Waals surface area contributed by atoms with Gasteiger partial charge in [0.05, 0.1) is 13.1 Å². The van der Waals surface area contributed by atoms with Crippen molar-refractivity contribution in [3.8, 4) is 0 Å². The molecule has 1 aliphatic carbocycles. The van der Waals surface area contributed by atoms with Gasteiger partial charge in [0.25, 0.3) is 0 Å². The lowest BCUT2D eigenvalue weighted by Crippen LogP contribution is -2.46. The van der Waals surface area contributed by atoms with Gasteiger partial charge in [-0.25, -0.2) is 14.4 Å². The van der Waals surface area contributed by atoms with Gasteiger partial charge in [-0.1, -0.05) is 42.9 Å².